The van der Waals surface area contributed by atoms with Crippen LogP contribution in [-0.2, 0) is 6.54 Å². The minimum Gasteiger partial charge on any atom is -0.464 e. The average Bonchev–Trinajstić information content (AvgIpc) is 2.92. The van der Waals surface area contributed by atoms with Gasteiger partial charge in [0.2, 0.25) is 0 Å². The van der Waals surface area contributed by atoms with Crippen LogP contribution in [0.25, 0.3) is 11.0 Å². The maximum atomic E-state index is 10.5. The fourth-order valence-electron chi connectivity index (χ4n) is 2.41. The molecule has 1 unspecified atom stereocenters. The Bertz CT molecular complexity index is 700. The molecular formula is C17H17NO2. The maximum Gasteiger partial charge on any atom is 0.134 e. The van der Waals surface area contributed by atoms with E-state index in [0.717, 1.165) is 28.6 Å². The third-order valence-corrected chi connectivity index (χ3v) is 3.48. The number of hydrogen-bond donors (Lipinski definition) is 2. The zero-order valence-corrected chi connectivity index (χ0v) is 11.3. The summed E-state index contributed by atoms with van der Waals surface area (Å²) in [4.78, 5) is 0. The highest BCUT2D eigenvalue weighted by Crippen LogP contribution is 2.30. The Balaban J connectivity index is 1.93. The van der Waals surface area contributed by atoms with Crippen molar-refractivity contribution in [2.75, 3.05) is 7.05 Å². The minimum absolute atomic E-state index is 0.665. The molecule has 0 bridgehead atoms. The molecule has 0 aliphatic rings. The van der Waals surface area contributed by atoms with Gasteiger partial charge >= 0.3 is 0 Å². The van der Waals surface area contributed by atoms with Gasteiger partial charge in [0.05, 0.1) is 6.26 Å². The van der Waals surface area contributed by atoms with Gasteiger partial charge in [-0.05, 0) is 24.2 Å². The Hall–Kier alpha value is -2.10. The van der Waals surface area contributed by atoms with E-state index >= 15 is 0 Å². The SMILES string of the molecule is CNCc1ccc(C(O)c2coc3ccccc23)cc1. The predicted molar refractivity (Wildman–Crippen MR) is 79.5 cm³/mol. The number of aliphatic hydroxyl groups excluding tert-OH is 1. The van der Waals surface area contributed by atoms with Gasteiger partial charge in [0, 0.05) is 17.5 Å². The van der Waals surface area contributed by atoms with Gasteiger partial charge in [0.1, 0.15) is 11.7 Å². The highest BCUT2D eigenvalue weighted by Gasteiger charge is 2.16. The van der Waals surface area contributed by atoms with E-state index in [1.807, 2.05) is 55.6 Å². The molecule has 2 aromatic carbocycles. The number of nitrogens with one attached hydrogen (secondary N) is 1. The van der Waals surface area contributed by atoms with Crippen LogP contribution in [0.15, 0.2) is 59.2 Å². The lowest BCUT2D eigenvalue weighted by molar-refractivity contribution is 0.220. The summed E-state index contributed by atoms with van der Waals surface area (Å²) in [5.41, 5.74) is 3.67. The topological polar surface area (TPSA) is 45.4 Å². The van der Waals surface area contributed by atoms with Crippen molar-refractivity contribution in [2.24, 2.45) is 0 Å². The lowest BCUT2D eigenvalue weighted by Crippen LogP contribution is -2.05. The maximum absolute atomic E-state index is 10.5. The largest absolute Gasteiger partial charge is 0.464 e. The van der Waals surface area contributed by atoms with Crippen LogP contribution in [0.2, 0.25) is 0 Å². The molecule has 2 N–H and O–H groups in total. The summed E-state index contributed by atoms with van der Waals surface area (Å²) in [6, 6.07) is 15.7. The highest BCUT2D eigenvalue weighted by molar-refractivity contribution is 5.81. The molecule has 0 aliphatic heterocycles. The minimum atomic E-state index is -0.665. The lowest BCUT2D eigenvalue weighted by Gasteiger charge is -2.10. The number of fused-ring (bicyclic) bond motifs is 1. The van der Waals surface area contributed by atoms with Crippen molar-refractivity contribution in [1.29, 1.82) is 0 Å². The zero-order chi connectivity index (χ0) is 13.9. The number of aliphatic hydroxyl groups is 1. The molecule has 0 radical (unpaired) electrons. The molecule has 3 aromatic rings. The first kappa shape index (κ1) is 12.9. The van der Waals surface area contributed by atoms with Crippen LogP contribution >= 0.6 is 0 Å². The summed E-state index contributed by atoms with van der Waals surface area (Å²) < 4.78 is 5.48. The molecule has 3 rings (SSSR count). The lowest BCUT2D eigenvalue weighted by atomic mass is 10.00. The Morgan fingerprint density at radius 2 is 1.85 bits per heavy atom. The molecule has 0 aliphatic carbocycles. The fourth-order valence-corrected chi connectivity index (χ4v) is 2.41. The van der Waals surface area contributed by atoms with Crippen molar-refractivity contribution in [3.05, 3.63) is 71.5 Å². The van der Waals surface area contributed by atoms with Gasteiger partial charge in [-0.2, -0.15) is 0 Å². The molecule has 0 spiro atoms. The van der Waals surface area contributed by atoms with Crippen LogP contribution in [0.5, 0.6) is 0 Å². The number of benzene rings is 2. The van der Waals surface area contributed by atoms with Crippen LogP contribution in [0.1, 0.15) is 22.8 Å². The standard InChI is InChI=1S/C17H17NO2/c1-18-10-12-6-8-13(9-7-12)17(19)15-11-20-16-5-3-2-4-14(15)16/h2-9,11,17-19H,10H2,1H3. The molecule has 102 valence electrons. The summed E-state index contributed by atoms with van der Waals surface area (Å²) in [6.45, 7) is 0.824. The predicted octanol–water partition coefficient (Wildman–Crippen LogP) is 3.23. The first-order chi connectivity index (χ1) is 9.79. The Morgan fingerprint density at radius 3 is 2.60 bits per heavy atom. The quantitative estimate of drug-likeness (QED) is 0.763. The van der Waals surface area contributed by atoms with Crippen LogP contribution in [-0.4, -0.2) is 12.2 Å². The van der Waals surface area contributed by atoms with Crippen LogP contribution in [0.4, 0.5) is 0 Å². The molecule has 0 fully saturated rings. The van der Waals surface area contributed by atoms with Crippen molar-refractivity contribution >= 4 is 11.0 Å². The molecule has 3 heteroatoms. The molecule has 1 heterocycles. The molecule has 3 nitrogen and oxygen atoms in total. The smallest absolute Gasteiger partial charge is 0.134 e. The van der Waals surface area contributed by atoms with Crippen molar-refractivity contribution in [3.8, 4) is 0 Å². The van der Waals surface area contributed by atoms with Gasteiger partial charge in [-0.15, -0.1) is 0 Å². The summed E-state index contributed by atoms with van der Waals surface area (Å²) in [6.07, 6.45) is 0.971. The highest BCUT2D eigenvalue weighted by atomic mass is 16.3. The van der Waals surface area contributed by atoms with Crippen molar-refractivity contribution < 1.29 is 9.52 Å². The Morgan fingerprint density at radius 1 is 1.10 bits per heavy atom. The third-order valence-electron chi connectivity index (χ3n) is 3.48. The van der Waals surface area contributed by atoms with E-state index in [2.05, 4.69) is 5.32 Å². The van der Waals surface area contributed by atoms with E-state index in [1.54, 1.807) is 6.26 Å². The number of furan rings is 1. The second-order valence-corrected chi connectivity index (χ2v) is 4.86. The average molecular weight is 267 g/mol. The van der Waals surface area contributed by atoms with Gasteiger partial charge in [-0.3, -0.25) is 0 Å². The Labute approximate surface area is 117 Å². The van der Waals surface area contributed by atoms with E-state index in [0.29, 0.717) is 0 Å². The molecule has 0 saturated carbocycles. The van der Waals surface area contributed by atoms with Gasteiger partial charge in [0.15, 0.2) is 0 Å². The summed E-state index contributed by atoms with van der Waals surface area (Å²) in [5, 5.41) is 14.6. The molecule has 0 amide bonds. The third kappa shape index (κ3) is 2.33. The van der Waals surface area contributed by atoms with Gasteiger partial charge in [0.25, 0.3) is 0 Å². The van der Waals surface area contributed by atoms with E-state index < -0.39 is 6.10 Å². The molecular weight excluding hydrogens is 250 g/mol. The fraction of sp³-hybridized carbons (Fsp3) is 0.176. The second-order valence-electron chi connectivity index (χ2n) is 4.86. The number of para-hydroxylation sites is 1. The van der Waals surface area contributed by atoms with E-state index in [9.17, 15) is 5.11 Å². The first-order valence-electron chi connectivity index (χ1n) is 6.67. The van der Waals surface area contributed by atoms with Crippen LogP contribution in [0.3, 0.4) is 0 Å². The number of rotatable bonds is 4. The Kier molecular flexibility index (Phi) is 3.54. The van der Waals surface area contributed by atoms with Crippen molar-refractivity contribution in [2.45, 2.75) is 12.6 Å². The molecule has 1 atom stereocenters. The normalized spacial score (nSPS) is 12.7. The summed E-state index contributed by atoms with van der Waals surface area (Å²) in [5.74, 6) is 0. The van der Waals surface area contributed by atoms with E-state index in [-0.39, 0.29) is 0 Å². The van der Waals surface area contributed by atoms with Crippen molar-refractivity contribution in [1.82, 2.24) is 5.32 Å². The van der Waals surface area contributed by atoms with E-state index in [1.165, 1.54) is 5.56 Å². The summed E-state index contributed by atoms with van der Waals surface area (Å²) >= 11 is 0. The zero-order valence-electron chi connectivity index (χ0n) is 11.3. The molecule has 0 saturated heterocycles. The van der Waals surface area contributed by atoms with Crippen LogP contribution in [0, 0.1) is 0 Å². The van der Waals surface area contributed by atoms with Gasteiger partial charge < -0.3 is 14.8 Å². The van der Waals surface area contributed by atoms with Gasteiger partial charge in [-0.25, -0.2) is 0 Å². The second kappa shape index (κ2) is 5.49. The molecule has 1 aromatic heterocycles. The van der Waals surface area contributed by atoms with Gasteiger partial charge in [-0.1, -0.05) is 42.5 Å². The monoisotopic (exact) mass is 267 g/mol. The van der Waals surface area contributed by atoms with Crippen molar-refractivity contribution in [3.63, 3.8) is 0 Å². The first-order valence-corrected chi connectivity index (χ1v) is 6.67. The van der Waals surface area contributed by atoms with E-state index in [4.69, 9.17) is 4.42 Å². The van der Waals surface area contributed by atoms with Crippen LogP contribution < -0.4 is 5.32 Å². The summed E-state index contributed by atoms with van der Waals surface area (Å²) in [7, 11) is 1.92. The number of hydrogen-bond acceptors (Lipinski definition) is 3. The molecule has 20 heavy (non-hydrogen) atoms.